The molecule has 0 radical (unpaired) electrons. The predicted molar refractivity (Wildman–Crippen MR) is 56.8 cm³/mol. The van der Waals surface area contributed by atoms with Gasteiger partial charge in [0.2, 0.25) is 0 Å². The van der Waals surface area contributed by atoms with Crippen LogP contribution in [0.1, 0.15) is 29.7 Å². The molecule has 4 nitrogen and oxygen atoms in total. The Hall–Kier alpha value is -0.870. The molecule has 0 spiro atoms. The number of aromatic nitrogens is 2. The van der Waals surface area contributed by atoms with Gasteiger partial charge in [-0.15, -0.1) is 0 Å². The first-order valence-electron chi connectivity index (χ1n) is 5.71. The molecule has 15 heavy (non-hydrogen) atoms. The summed E-state index contributed by atoms with van der Waals surface area (Å²) in [5.41, 5.74) is 2.67. The monoisotopic (exact) mass is 207 g/mol. The van der Waals surface area contributed by atoms with Gasteiger partial charge in [-0.2, -0.15) is 0 Å². The van der Waals surface area contributed by atoms with E-state index >= 15 is 0 Å². The first kappa shape index (κ1) is 9.36. The lowest BCUT2D eigenvalue weighted by Crippen LogP contribution is -2.26. The molecule has 1 aromatic heterocycles. The van der Waals surface area contributed by atoms with Gasteiger partial charge in [-0.05, 0) is 13.3 Å². The Bertz CT molecular complexity index is 366. The number of hydrogen-bond donors (Lipinski definition) is 1. The van der Waals surface area contributed by atoms with Crippen molar-refractivity contribution >= 4 is 0 Å². The fourth-order valence-corrected chi connectivity index (χ4v) is 2.68. The number of rotatable bonds is 1. The van der Waals surface area contributed by atoms with Gasteiger partial charge in [0, 0.05) is 31.8 Å². The third kappa shape index (κ3) is 1.48. The maximum absolute atomic E-state index is 5.46. The Balaban J connectivity index is 2.01. The average molecular weight is 207 g/mol. The zero-order valence-corrected chi connectivity index (χ0v) is 9.12. The van der Waals surface area contributed by atoms with Gasteiger partial charge in [0.15, 0.2) is 0 Å². The van der Waals surface area contributed by atoms with Crippen LogP contribution in [0.3, 0.4) is 0 Å². The molecule has 1 N–H and O–H groups in total. The van der Waals surface area contributed by atoms with Gasteiger partial charge in [0.1, 0.15) is 5.82 Å². The maximum atomic E-state index is 5.46. The summed E-state index contributed by atoms with van der Waals surface area (Å²) in [6.45, 7) is 5.87. The molecule has 2 aliphatic heterocycles. The van der Waals surface area contributed by atoms with E-state index in [0.717, 1.165) is 45.0 Å². The molecule has 1 aromatic rings. The second-order valence-corrected chi connectivity index (χ2v) is 4.37. The Morgan fingerprint density at radius 2 is 2.47 bits per heavy atom. The summed E-state index contributed by atoms with van der Waals surface area (Å²) in [4.78, 5) is 4.64. The van der Waals surface area contributed by atoms with Gasteiger partial charge < -0.3 is 14.6 Å². The van der Waals surface area contributed by atoms with Crippen LogP contribution < -0.4 is 5.32 Å². The summed E-state index contributed by atoms with van der Waals surface area (Å²) in [5.74, 6) is 1.15. The molecule has 3 rings (SSSR count). The van der Waals surface area contributed by atoms with Crippen molar-refractivity contribution in [1.82, 2.24) is 14.9 Å². The van der Waals surface area contributed by atoms with Crippen LogP contribution in [0, 0.1) is 6.92 Å². The second kappa shape index (κ2) is 3.61. The van der Waals surface area contributed by atoms with Gasteiger partial charge in [-0.1, -0.05) is 0 Å². The molecule has 0 bridgehead atoms. The molecule has 0 saturated carbocycles. The summed E-state index contributed by atoms with van der Waals surface area (Å²) < 4.78 is 7.87. The SMILES string of the molecule is Cc1nc2c(n1C1CCOC1)CCNC2. The van der Waals surface area contributed by atoms with E-state index in [1.165, 1.54) is 11.4 Å². The quantitative estimate of drug-likeness (QED) is 0.740. The molecule has 1 atom stereocenters. The summed E-state index contributed by atoms with van der Waals surface area (Å²) in [5, 5.41) is 3.36. The first-order valence-corrected chi connectivity index (χ1v) is 5.71. The molecule has 2 aliphatic rings. The Kier molecular flexibility index (Phi) is 2.25. The van der Waals surface area contributed by atoms with Gasteiger partial charge in [-0.25, -0.2) is 4.98 Å². The van der Waals surface area contributed by atoms with Gasteiger partial charge in [0.25, 0.3) is 0 Å². The van der Waals surface area contributed by atoms with E-state index in [1.807, 2.05) is 0 Å². The molecule has 1 fully saturated rings. The molecule has 82 valence electrons. The third-order valence-electron chi connectivity index (χ3n) is 3.37. The summed E-state index contributed by atoms with van der Waals surface area (Å²) in [6, 6.07) is 0.527. The molecule has 1 unspecified atom stereocenters. The predicted octanol–water partition coefficient (Wildman–Crippen LogP) is 0.799. The van der Waals surface area contributed by atoms with Crippen molar-refractivity contribution in [3.05, 3.63) is 17.2 Å². The van der Waals surface area contributed by atoms with Crippen molar-refractivity contribution in [3.8, 4) is 0 Å². The van der Waals surface area contributed by atoms with Crippen molar-refractivity contribution < 1.29 is 4.74 Å². The van der Waals surface area contributed by atoms with E-state index in [9.17, 15) is 0 Å². The molecule has 3 heterocycles. The number of nitrogens with zero attached hydrogens (tertiary/aromatic N) is 2. The number of fused-ring (bicyclic) bond motifs is 1. The topological polar surface area (TPSA) is 39.1 Å². The van der Waals surface area contributed by atoms with E-state index < -0.39 is 0 Å². The van der Waals surface area contributed by atoms with Crippen LogP contribution in [-0.4, -0.2) is 29.3 Å². The summed E-state index contributed by atoms with van der Waals surface area (Å²) in [6.07, 6.45) is 2.24. The van der Waals surface area contributed by atoms with Gasteiger partial charge in [-0.3, -0.25) is 0 Å². The van der Waals surface area contributed by atoms with Crippen LogP contribution in [0.25, 0.3) is 0 Å². The fourth-order valence-electron chi connectivity index (χ4n) is 2.68. The van der Waals surface area contributed by atoms with Crippen LogP contribution in [0.4, 0.5) is 0 Å². The second-order valence-electron chi connectivity index (χ2n) is 4.37. The van der Waals surface area contributed by atoms with Gasteiger partial charge in [0.05, 0.1) is 18.3 Å². The van der Waals surface area contributed by atoms with Crippen molar-refractivity contribution in [3.63, 3.8) is 0 Å². The van der Waals surface area contributed by atoms with Crippen molar-refractivity contribution in [2.24, 2.45) is 0 Å². The number of hydrogen-bond acceptors (Lipinski definition) is 3. The van der Waals surface area contributed by atoms with Crippen molar-refractivity contribution in [1.29, 1.82) is 0 Å². The summed E-state index contributed by atoms with van der Waals surface area (Å²) >= 11 is 0. The first-order chi connectivity index (χ1) is 7.36. The smallest absolute Gasteiger partial charge is 0.106 e. The molecule has 1 saturated heterocycles. The van der Waals surface area contributed by atoms with E-state index in [-0.39, 0.29) is 0 Å². The molecule has 0 aromatic carbocycles. The lowest BCUT2D eigenvalue weighted by Gasteiger charge is -2.19. The molecular weight excluding hydrogens is 190 g/mol. The zero-order chi connectivity index (χ0) is 10.3. The highest BCUT2D eigenvalue weighted by atomic mass is 16.5. The average Bonchev–Trinajstić information content (AvgIpc) is 2.82. The minimum Gasteiger partial charge on any atom is -0.379 e. The Labute approximate surface area is 89.6 Å². The van der Waals surface area contributed by atoms with Crippen LogP contribution in [0.5, 0.6) is 0 Å². The Morgan fingerprint density at radius 3 is 3.27 bits per heavy atom. The highest BCUT2D eigenvalue weighted by Crippen LogP contribution is 2.26. The van der Waals surface area contributed by atoms with E-state index in [2.05, 4.69) is 21.8 Å². The minimum absolute atomic E-state index is 0.527. The van der Waals surface area contributed by atoms with E-state index in [1.54, 1.807) is 0 Å². The highest BCUT2D eigenvalue weighted by Gasteiger charge is 2.25. The molecule has 0 aliphatic carbocycles. The van der Waals surface area contributed by atoms with E-state index in [4.69, 9.17) is 4.74 Å². The standard InChI is InChI=1S/C11H17N3O/c1-8-13-10-6-12-4-2-11(10)14(8)9-3-5-15-7-9/h9,12H,2-7H2,1H3. The maximum Gasteiger partial charge on any atom is 0.106 e. The Morgan fingerprint density at radius 1 is 1.53 bits per heavy atom. The molecular formula is C11H17N3O. The van der Waals surface area contributed by atoms with Crippen LogP contribution in [-0.2, 0) is 17.7 Å². The lowest BCUT2D eigenvalue weighted by molar-refractivity contribution is 0.185. The number of aryl methyl sites for hydroxylation is 1. The van der Waals surface area contributed by atoms with Crippen LogP contribution in [0.2, 0.25) is 0 Å². The zero-order valence-electron chi connectivity index (χ0n) is 9.12. The highest BCUT2D eigenvalue weighted by molar-refractivity contribution is 5.21. The van der Waals surface area contributed by atoms with Gasteiger partial charge >= 0.3 is 0 Å². The third-order valence-corrected chi connectivity index (χ3v) is 3.37. The summed E-state index contributed by atoms with van der Waals surface area (Å²) in [7, 11) is 0. The van der Waals surface area contributed by atoms with Crippen molar-refractivity contribution in [2.75, 3.05) is 19.8 Å². The van der Waals surface area contributed by atoms with E-state index in [0.29, 0.717) is 6.04 Å². The number of nitrogens with one attached hydrogen (secondary N) is 1. The largest absolute Gasteiger partial charge is 0.379 e. The molecule has 0 amide bonds. The van der Waals surface area contributed by atoms with Crippen LogP contribution in [0.15, 0.2) is 0 Å². The molecule has 4 heteroatoms. The number of imidazole rings is 1. The lowest BCUT2D eigenvalue weighted by atomic mass is 10.1. The number of ether oxygens (including phenoxy) is 1. The minimum atomic E-state index is 0.527. The van der Waals surface area contributed by atoms with Crippen molar-refractivity contribution in [2.45, 2.75) is 32.4 Å². The normalized spacial score (nSPS) is 25.5. The van der Waals surface area contributed by atoms with Crippen LogP contribution >= 0.6 is 0 Å². The fraction of sp³-hybridized carbons (Fsp3) is 0.727.